The van der Waals surface area contributed by atoms with Crippen LogP contribution in [0, 0.1) is 17.3 Å². The van der Waals surface area contributed by atoms with Crippen molar-refractivity contribution in [2.24, 2.45) is 17.3 Å². The van der Waals surface area contributed by atoms with Crippen LogP contribution in [0.3, 0.4) is 0 Å². The molecule has 2 heteroatoms. The molecule has 2 rings (SSSR count). The molecule has 0 heterocycles. The van der Waals surface area contributed by atoms with Gasteiger partial charge in [-0.15, -0.1) is 0 Å². The van der Waals surface area contributed by atoms with E-state index >= 15 is 0 Å². The summed E-state index contributed by atoms with van der Waals surface area (Å²) in [5, 5.41) is 19.6. The molecule has 0 saturated heterocycles. The number of aliphatic hydroxyl groups excluding tert-OH is 1. The maximum absolute atomic E-state index is 9.84. The van der Waals surface area contributed by atoms with E-state index in [4.69, 9.17) is 0 Å². The van der Waals surface area contributed by atoms with E-state index in [1.54, 1.807) is 0 Å². The van der Waals surface area contributed by atoms with Gasteiger partial charge < -0.3 is 10.2 Å². The molecule has 12 heavy (non-hydrogen) atoms. The first-order valence-electron chi connectivity index (χ1n) is 4.76. The largest absolute Gasteiger partial charge is 0.393 e. The van der Waals surface area contributed by atoms with Crippen LogP contribution in [0.5, 0.6) is 0 Å². The van der Waals surface area contributed by atoms with Crippen LogP contribution in [0.25, 0.3) is 0 Å². The second-order valence-electron chi connectivity index (χ2n) is 5.33. The Bertz CT molecular complexity index is 206. The topological polar surface area (TPSA) is 40.5 Å². The SMILES string of the molecule is CC(C)(O)[C@H]1C[C@H](O)[C@]2(C)C[C@H]12. The number of fused-ring (bicyclic) bond motifs is 1. The van der Waals surface area contributed by atoms with Crippen molar-refractivity contribution in [3.8, 4) is 0 Å². The highest BCUT2D eigenvalue weighted by Gasteiger charge is 2.66. The molecule has 0 aromatic carbocycles. The second-order valence-corrected chi connectivity index (χ2v) is 5.33. The summed E-state index contributed by atoms with van der Waals surface area (Å²) in [6, 6.07) is 0. The summed E-state index contributed by atoms with van der Waals surface area (Å²) < 4.78 is 0. The van der Waals surface area contributed by atoms with Gasteiger partial charge in [-0.05, 0) is 43.9 Å². The average Bonchev–Trinajstić information content (AvgIpc) is 2.49. The van der Waals surface area contributed by atoms with Gasteiger partial charge in [-0.2, -0.15) is 0 Å². The molecule has 2 nitrogen and oxygen atoms in total. The Balaban J connectivity index is 2.15. The molecule has 2 fully saturated rings. The number of rotatable bonds is 1. The molecule has 0 aliphatic heterocycles. The first-order valence-corrected chi connectivity index (χ1v) is 4.76. The molecule has 0 spiro atoms. The highest BCUT2D eigenvalue weighted by atomic mass is 16.3. The molecule has 4 atom stereocenters. The van der Waals surface area contributed by atoms with Crippen molar-refractivity contribution in [2.45, 2.75) is 45.3 Å². The normalized spacial score (nSPS) is 52.2. The minimum atomic E-state index is -0.611. The van der Waals surface area contributed by atoms with Crippen molar-refractivity contribution >= 4 is 0 Å². The highest BCUT2D eigenvalue weighted by Crippen LogP contribution is 2.67. The summed E-state index contributed by atoms with van der Waals surface area (Å²) in [6.45, 7) is 5.84. The van der Waals surface area contributed by atoms with Crippen molar-refractivity contribution in [1.82, 2.24) is 0 Å². The standard InChI is InChI=1S/C10H18O2/c1-9(2,12)6-4-8(11)10(3)5-7(6)10/h6-8,11-12H,4-5H2,1-3H3/t6-,7+,8-,10+/m0/s1. The Morgan fingerprint density at radius 2 is 2.00 bits per heavy atom. The molecular formula is C10H18O2. The van der Waals surface area contributed by atoms with Crippen LogP contribution in [-0.2, 0) is 0 Å². The van der Waals surface area contributed by atoms with Crippen LogP contribution in [0.1, 0.15) is 33.6 Å². The van der Waals surface area contributed by atoms with Gasteiger partial charge in [0.2, 0.25) is 0 Å². The van der Waals surface area contributed by atoms with Gasteiger partial charge in [0.1, 0.15) is 0 Å². The lowest BCUT2D eigenvalue weighted by molar-refractivity contribution is 0.00104. The fourth-order valence-electron chi connectivity index (χ4n) is 2.85. The minimum absolute atomic E-state index is 0.144. The molecule has 0 radical (unpaired) electrons. The maximum atomic E-state index is 9.84. The second kappa shape index (κ2) is 2.05. The lowest BCUT2D eigenvalue weighted by atomic mass is 9.86. The molecule has 0 bridgehead atoms. The van der Waals surface area contributed by atoms with Gasteiger partial charge in [0.05, 0.1) is 11.7 Å². The van der Waals surface area contributed by atoms with Crippen LogP contribution in [-0.4, -0.2) is 21.9 Å². The van der Waals surface area contributed by atoms with Gasteiger partial charge >= 0.3 is 0 Å². The minimum Gasteiger partial charge on any atom is -0.393 e. The van der Waals surface area contributed by atoms with E-state index in [2.05, 4.69) is 6.92 Å². The molecule has 0 aromatic rings. The summed E-state index contributed by atoms with van der Waals surface area (Å²) in [7, 11) is 0. The summed E-state index contributed by atoms with van der Waals surface area (Å²) in [5.74, 6) is 0.866. The van der Waals surface area contributed by atoms with Crippen molar-refractivity contribution < 1.29 is 10.2 Å². The van der Waals surface area contributed by atoms with Crippen LogP contribution < -0.4 is 0 Å². The maximum Gasteiger partial charge on any atom is 0.0623 e. The summed E-state index contributed by atoms with van der Waals surface area (Å²) in [4.78, 5) is 0. The van der Waals surface area contributed by atoms with Crippen molar-refractivity contribution in [3.63, 3.8) is 0 Å². The van der Waals surface area contributed by atoms with E-state index in [1.807, 2.05) is 13.8 Å². The molecule has 0 amide bonds. The Morgan fingerprint density at radius 3 is 2.17 bits per heavy atom. The summed E-state index contributed by atoms with van der Waals surface area (Å²) in [6.07, 6.45) is 1.70. The zero-order chi connectivity index (χ0) is 9.15. The first kappa shape index (κ1) is 8.52. The molecule has 0 unspecified atom stereocenters. The fourth-order valence-corrected chi connectivity index (χ4v) is 2.85. The summed E-state index contributed by atoms with van der Waals surface area (Å²) >= 11 is 0. The molecule has 2 N–H and O–H groups in total. The third-order valence-corrected chi connectivity index (χ3v) is 3.98. The van der Waals surface area contributed by atoms with E-state index < -0.39 is 5.60 Å². The molecule has 0 aromatic heterocycles. The Hall–Kier alpha value is -0.0800. The van der Waals surface area contributed by atoms with Gasteiger partial charge in [-0.25, -0.2) is 0 Å². The van der Waals surface area contributed by atoms with Gasteiger partial charge in [0, 0.05) is 0 Å². The lowest BCUT2D eigenvalue weighted by Crippen LogP contribution is -2.31. The van der Waals surface area contributed by atoms with Gasteiger partial charge in [-0.3, -0.25) is 0 Å². The van der Waals surface area contributed by atoms with Crippen LogP contribution in [0.4, 0.5) is 0 Å². The van der Waals surface area contributed by atoms with Crippen LogP contribution in [0.15, 0.2) is 0 Å². The van der Waals surface area contributed by atoms with Gasteiger partial charge in [-0.1, -0.05) is 6.92 Å². The van der Waals surface area contributed by atoms with Crippen LogP contribution in [0.2, 0.25) is 0 Å². The number of hydrogen-bond donors (Lipinski definition) is 2. The van der Waals surface area contributed by atoms with E-state index in [0.29, 0.717) is 11.8 Å². The molecule has 2 aliphatic rings. The van der Waals surface area contributed by atoms with Crippen molar-refractivity contribution in [3.05, 3.63) is 0 Å². The third-order valence-electron chi connectivity index (χ3n) is 3.98. The smallest absolute Gasteiger partial charge is 0.0623 e. The zero-order valence-corrected chi connectivity index (χ0v) is 8.04. The van der Waals surface area contributed by atoms with Gasteiger partial charge in [0.15, 0.2) is 0 Å². The van der Waals surface area contributed by atoms with E-state index in [1.165, 1.54) is 0 Å². The van der Waals surface area contributed by atoms with Crippen LogP contribution >= 0.6 is 0 Å². The number of aliphatic hydroxyl groups is 2. The monoisotopic (exact) mass is 170 g/mol. The average molecular weight is 170 g/mol. The van der Waals surface area contributed by atoms with E-state index in [-0.39, 0.29) is 11.5 Å². The fraction of sp³-hybridized carbons (Fsp3) is 1.00. The molecule has 2 saturated carbocycles. The zero-order valence-electron chi connectivity index (χ0n) is 8.04. The molecule has 2 aliphatic carbocycles. The lowest BCUT2D eigenvalue weighted by Gasteiger charge is -2.27. The Morgan fingerprint density at radius 1 is 1.42 bits per heavy atom. The first-order chi connectivity index (χ1) is 5.36. The van der Waals surface area contributed by atoms with E-state index in [0.717, 1.165) is 12.8 Å². The van der Waals surface area contributed by atoms with E-state index in [9.17, 15) is 10.2 Å². The van der Waals surface area contributed by atoms with Gasteiger partial charge in [0.25, 0.3) is 0 Å². The Kier molecular flexibility index (Phi) is 1.45. The predicted molar refractivity (Wildman–Crippen MR) is 46.6 cm³/mol. The van der Waals surface area contributed by atoms with Crippen molar-refractivity contribution in [2.75, 3.05) is 0 Å². The molecule has 70 valence electrons. The Labute approximate surface area is 73.6 Å². The highest BCUT2D eigenvalue weighted by molar-refractivity contribution is 5.15. The third kappa shape index (κ3) is 0.944. The quantitative estimate of drug-likeness (QED) is 0.620. The number of hydrogen-bond acceptors (Lipinski definition) is 2. The van der Waals surface area contributed by atoms with Crippen molar-refractivity contribution in [1.29, 1.82) is 0 Å². The molecular weight excluding hydrogens is 152 g/mol. The summed E-state index contributed by atoms with van der Waals surface area (Å²) in [5.41, 5.74) is -0.468. The predicted octanol–water partition coefficient (Wildman–Crippen LogP) is 1.16.